The van der Waals surface area contributed by atoms with Crippen molar-refractivity contribution >= 4 is 33.1 Å². The minimum atomic E-state index is 0.0727. The molecule has 3 aliphatic rings. The lowest BCUT2D eigenvalue weighted by Crippen LogP contribution is -2.42. The molecule has 40 heavy (non-hydrogen) atoms. The molecule has 3 N–H and O–H groups in total. The van der Waals surface area contributed by atoms with Crippen molar-refractivity contribution in [3.05, 3.63) is 58.6 Å². The van der Waals surface area contributed by atoms with Crippen molar-refractivity contribution in [2.24, 2.45) is 11.8 Å². The molecular weight excluding hydrogens is 512 g/mol. The van der Waals surface area contributed by atoms with Gasteiger partial charge in [-0.1, -0.05) is 62.4 Å². The van der Waals surface area contributed by atoms with Crippen molar-refractivity contribution in [1.82, 2.24) is 15.2 Å². The van der Waals surface area contributed by atoms with Gasteiger partial charge in [-0.05, 0) is 106 Å². The van der Waals surface area contributed by atoms with Gasteiger partial charge in [-0.15, -0.1) is 11.3 Å². The summed E-state index contributed by atoms with van der Waals surface area (Å²) in [6.45, 7) is 2.45. The maximum absolute atomic E-state index is 13.0. The predicted octanol–water partition coefficient (Wildman–Crippen LogP) is 7.39. The Morgan fingerprint density at radius 1 is 0.900 bits per heavy atom. The summed E-state index contributed by atoms with van der Waals surface area (Å²) >= 11 is 1.71. The van der Waals surface area contributed by atoms with Crippen molar-refractivity contribution in [2.45, 2.75) is 102 Å². The monoisotopic (exact) mass is 558 g/mol. The van der Waals surface area contributed by atoms with Gasteiger partial charge in [-0.25, -0.2) is 4.98 Å². The highest BCUT2D eigenvalue weighted by molar-refractivity contribution is 7.15. The van der Waals surface area contributed by atoms with Gasteiger partial charge >= 0.3 is 0 Å². The fourth-order valence-electron chi connectivity index (χ4n) is 7.53. The number of thiazole rings is 1. The van der Waals surface area contributed by atoms with Crippen LogP contribution in [0.5, 0.6) is 0 Å². The van der Waals surface area contributed by atoms with Crippen LogP contribution in [0.3, 0.4) is 0 Å². The molecule has 0 bridgehead atoms. The Balaban J connectivity index is 1.00. The van der Waals surface area contributed by atoms with Gasteiger partial charge in [-0.2, -0.15) is 0 Å². The molecule has 214 valence electrons. The number of amides is 1. The molecule has 0 aliphatic heterocycles. The fraction of sp³-hybridized carbons (Fsp3) is 0.588. The average Bonchev–Trinajstić information content (AvgIpc) is 3.37. The SMILES string of the molecule is Nc1nc2c(s1)CC(N(CCC1CCCCC1)CCC1CCC(NC(=O)c3ccc4ccccc4c3)CC1)CC2. The topological polar surface area (TPSA) is 71.2 Å². The first-order valence-electron chi connectivity index (χ1n) is 15.9. The lowest BCUT2D eigenvalue weighted by molar-refractivity contribution is 0.0917. The Bertz CT molecular complexity index is 1270. The number of benzene rings is 2. The average molecular weight is 559 g/mol. The van der Waals surface area contributed by atoms with Crippen molar-refractivity contribution in [1.29, 1.82) is 0 Å². The summed E-state index contributed by atoms with van der Waals surface area (Å²) in [7, 11) is 0. The van der Waals surface area contributed by atoms with Gasteiger partial charge < -0.3 is 11.1 Å². The molecule has 0 spiro atoms. The normalized spacial score (nSPS) is 23.8. The summed E-state index contributed by atoms with van der Waals surface area (Å²) in [6.07, 6.45) is 17.9. The highest BCUT2D eigenvalue weighted by Gasteiger charge is 2.29. The number of anilines is 1. The molecule has 1 unspecified atom stereocenters. The molecule has 3 aromatic rings. The third-order valence-corrected chi connectivity index (χ3v) is 11.0. The Kier molecular flexibility index (Phi) is 9.03. The van der Waals surface area contributed by atoms with E-state index in [0.29, 0.717) is 12.1 Å². The maximum atomic E-state index is 13.0. The second kappa shape index (κ2) is 13.0. The zero-order valence-corrected chi connectivity index (χ0v) is 24.8. The van der Waals surface area contributed by atoms with E-state index >= 15 is 0 Å². The number of nitrogen functional groups attached to an aromatic ring is 1. The van der Waals surface area contributed by atoms with E-state index in [9.17, 15) is 4.79 Å². The second-order valence-corrected chi connectivity index (χ2v) is 13.8. The van der Waals surface area contributed by atoms with Crippen LogP contribution in [0.1, 0.15) is 98.0 Å². The van der Waals surface area contributed by atoms with Crippen molar-refractivity contribution in [3.8, 4) is 0 Å². The highest BCUT2D eigenvalue weighted by Crippen LogP contribution is 2.33. The van der Waals surface area contributed by atoms with Crippen LogP contribution in [0.15, 0.2) is 42.5 Å². The van der Waals surface area contributed by atoms with Crippen LogP contribution in [0, 0.1) is 11.8 Å². The van der Waals surface area contributed by atoms with E-state index in [1.54, 1.807) is 11.3 Å². The van der Waals surface area contributed by atoms with Gasteiger partial charge in [0.05, 0.1) is 5.69 Å². The first-order chi connectivity index (χ1) is 19.6. The summed E-state index contributed by atoms with van der Waals surface area (Å²) in [4.78, 5) is 21.9. The second-order valence-electron chi connectivity index (χ2n) is 12.7. The number of fused-ring (bicyclic) bond motifs is 2. The fourth-order valence-corrected chi connectivity index (χ4v) is 8.48. The zero-order valence-electron chi connectivity index (χ0n) is 24.0. The van der Waals surface area contributed by atoms with Gasteiger partial charge in [-0.3, -0.25) is 9.69 Å². The van der Waals surface area contributed by atoms with Gasteiger partial charge in [0.15, 0.2) is 5.13 Å². The van der Waals surface area contributed by atoms with E-state index in [2.05, 4.69) is 33.4 Å². The zero-order chi connectivity index (χ0) is 27.3. The van der Waals surface area contributed by atoms with Crippen LogP contribution in [0.4, 0.5) is 5.13 Å². The number of hydrogen-bond donors (Lipinski definition) is 2. The molecule has 1 atom stereocenters. The molecule has 2 fully saturated rings. The van der Waals surface area contributed by atoms with Crippen LogP contribution < -0.4 is 11.1 Å². The van der Waals surface area contributed by atoms with E-state index < -0.39 is 0 Å². The Morgan fingerprint density at radius 2 is 1.62 bits per heavy atom. The molecule has 0 radical (unpaired) electrons. The third-order valence-electron chi connectivity index (χ3n) is 10.0. The van der Waals surface area contributed by atoms with E-state index in [1.165, 1.54) is 93.3 Å². The molecule has 2 aromatic carbocycles. The Hall–Kier alpha value is -2.44. The summed E-state index contributed by atoms with van der Waals surface area (Å²) in [5.74, 6) is 1.77. The molecular formula is C34H46N4OS. The molecule has 3 aliphatic carbocycles. The highest BCUT2D eigenvalue weighted by atomic mass is 32.1. The number of nitrogens with zero attached hydrogens (tertiary/aromatic N) is 2. The van der Waals surface area contributed by atoms with E-state index in [4.69, 9.17) is 5.73 Å². The summed E-state index contributed by atoms with van der Waals surface area (Å²) in [6, 6.07) is 15.2. The standard InChI is InChI=1S/C34H46N4OS/c35-34-37-31-17-16-30(23-32(31)40-34)38(20-18-24-6-2-1-3-7-24)21-19-25-10-14-29(15-11-25)36-33(39)28-13-12-26-8-4-5-9-27(26)22-28/h4-5,8-9,12-13,22,24-25,29-30H,1-3,6-7,10-11,14-21,23H2,(H2,35,37)(H,36,39). The lowest BCUT2D eigenvalue weighted by atomic mass is 9.83. The lowest BCUT2D eigenvalue weighted by Gasteiger charge is -2.37. The third kappa shape index (κ3) is 6.88. The number of aryl methyl sites for hydroxylation is 1. The summed E-state index contributed by atoms with van der Waals surface area (Å²) in [5, 5.41) is 6.38. The van der Waals surface area contributed by atoms with E-state index in [-0.39, 0.29) is 5.91 Å². The summed E-state index contributed by atoms with van der Waals surface area (Å²) < 4.78 is 0. The first kappa shape index (κ1) is 27.7. The number of carbonyl (C=O) groups is 1. The number of hydrogen-bond acceptors (Lipinski definition) is 5. The van der Waals surface area contributed by atoms with Gasteiger partial charge in [0, 0.05) is 22.5 Å². The smallest absolute Gasteiger partial charge is 0.251 e. The largest absolute Gasteiger partial charge is 0.375 e. The molecule has 0 saturated heterocycles. The van der Waals surface area contributed by atoms with Crippen molar-refractivity contribution in [3.63, 3.8) is 0 Å². The van der Waals surface area contributed by atoms with Gasteiger partial charge in [0.2, 0.25) is 0 Å². The number of nitrogens with one attached hydrogen (secondary N) is 1. The maximum Gasteiger partial charge on any atom is 0.251 e. The molecule has 1 aromatic heterocycles. The Morgan fingerprint density at radius 3 is 2.40 bits per heavy atom. The quantitative estimate of drug-likeness (QED) is 0.287. The molecule has 6 rings (SSSR count). The van der Waals surface area contributed by atoms with Crippen LogP contribution in [-0.2, 0) is 12.8 Å². The van der Waals surface area contributed by atoms with E-state index in [1.807, 2.05) is 24.3 Å². The molecule has 5 nitrogen and oxygen atoms in total. The molecule has 6 heteroatoms. The number of carbonyl (C=O) groups excluding carboxylic acids is 1. The number of aromatic nitrogens is 1. The first-order valence-corrected chi connectivity index (χ1v) is 16.7. The van der Waals surface area contributed by atoms with Crippen LogP contribution >= 0.6 is 11.3 Å². The van der Waals surface area contributed by atoms with Gasteiger partial charge in [0.1, 0.15) is 0 Å². The summed E-state index contributed by atoms with van der Waals surface area (Å²) in [5.41, 5.74) is 8.09. The predicted molar refractivity (Wildman–Crippen MR) is 167 cm³/mol. The minimum Gasteiger partial charge on any atom is -0.375 e. The van der Waals surface area contributed by atoms with Crippen LogP contribution in [0.2, 0.25) is 0 Å². The number of nitrogens with two attached hydrogens (primary N) is 1. The van der Waals surface area contributed by atoms with Crippen LogP contribution in [0.25, 0.3) is 10.8 Å². The molecule has 1 heterocycles. The van der Waals surface area contributed by atoms with Crippen molar-refractivity contribution < 1.29 is 4.79 Å². The minimum absolute atomic E-state index is 0.0727. The molecule has 2 saturated carbocycles. The van der Waals surface area contributed by atoms with Gasteiger partial charge in [0.25, 0.3) is 5.91 Å². The van der Waals surface area contributed by atoms with Crippen LogP contribution in [-0.4, -0.2) is 41.0 Å². The number of rotatable bonds is 9. The Labute approximate surface area is 243 Å². The van der Waals surface area contributed by atoms with E-state index in [0.717, 1.165) is 53.6 Å². The van der Waals surface area contributed by atoms with Crippen molar-refractivity contribution in [2.75, 3.05) is 18.8 Å². The molecule has 1 amide bonds.